The summed E-state index contributed by atoms with van der Waals surface area (Å²) < 4.78 is 10.7. The van der Waals surface area contributed by atoms with Gasteiger partial charge in [0.05, 0.1) is 33.0 Å². The van der Waals surface area contributed by atoms with Crippen molar-refractivity contribution < 1.29 is 14.3 Å². The van der Waals surface area contributed by atoms with Gasteiger partial charge >= 0.3 is 0 Å². The lowest BCUT2D eigenvalue weighted by Gasteiger charge is -2.07. The zero-order valence-corrected chi connectivity index (χ0v) is 12.1. The summed E-state index contributed by atoms with van der Waals surface area (Å²) in [6.07, 6.45) is 1.56. The summed E-state index contributed by atoms with van der Waals surface area (Å²) in [5.74, 6) is 0.0399. The largest absolute Gasteiger partial charge is 0.380 e. The molecule has 6 heteroatoms. The second-order valence-corrected chi connectivity index (χ2v) is 4.22. The molecular weight excluding hydrogens is 246 g/mol. The average molecular weight is 275 g/mol. The number of Topliss-reactive ketones (excluding diaryl/α,β-unsaturated/α-hetero) is 1. The monoisotopic (exact) mass is 275 g/mol. The van der Waals surface area contributed by atoms with Gasteiger partial charge in [-0.15, -0.1) is 0 Å². The number of carbonyl (C=O) groups excluding carboxylic acids is 1. The van der Waals surface area contributed by atoms with Crippen molar-refractivity contribution in [3.05, 3.63) is 0 Å². The molecule has 0 spiro atoms. The Kier molecular flexibility index (Phi) is 15.1. The fourth-order valence-electron chi connectivity index (χ4n) is 1.35. The van der Waals surface area contributed by atoms with Gasteiger partial charge in [-0.1, -0.05) is 6.92 Å². The molecule has 0 atom stereocenters. The van der Waals surface area contributed by atoms with E-state index in [1.807, 2.05) is 0 Å². The molecule has 0 radical (unpaired) electrons. The molecule has 0 saturated carbocycles. The summed E-state index contributed by atoms with van der Waals surface area (Å²) in [7, 11) is 0. The fraction of sp³-hybridized carbons (Fsp3) is 0.923. The Morgan fingerprint density at radius 2 is 1.47 bits per heavy atom. The first-order valence-electron chi connectivity index (χ1n) is 7.10. The maximum Gasteiger partial charge on any atom is 0.148 e. The van der Waals surface area contributed by atoms with Crippen LogP contribution < -0.4 is 16.4 Å². The van der Waals surface area contributed by atoms with Crippen molar-refractivity contribution in [3.8, 4) is 0 Å². The highest BCUT2D eigenvalue weighted by molar-refractivity contribution is 5.80. The van der Waals surface area contributed by atoms with Gasteiger partial charge in [0, 0.05) is 26.1 Å². The van der Waals surface area contributed by atoms with Gasteiger partial charge in [0.2, 0.25) is 0 Å². The van der Waals surface area contributed by atoms with E-state index in [2.05, 4.69) is 17.6 Å². The molecule has 0 saturated heterocycles. The van der Waals surface area contributed by atoms with E-state index in [0.29, 0.717) is 26.2 Å². The van der Waals surface area contributed by atoms with Crippen LogP contribution in [0.5, 0.6) is 0 Å². The van der Waals surface area contributed by atoms with E-state index in [-0.39, 0.29) is 12.3 Å². The van der Waals surface area contributed by atoms with Crippen LogP contribution >= 0.6 is 0 Å². The van der Waals surface area contributed by atoms with Crippen LogP contribution in [-0.2, 0) is 14.3 Å². The summed E-state index contributed by atoms with van der Waals surface area (Å²) in [5, 5.41) is 6.48. The van der Waals surface area contributed by atoms with E-state index >= 15 is 0 Å². The van der Waals surface area contributed by atoms with Gasteiger partial charge in [0.15, 0.2) is 0 Å². The average Bonchev–Trinajstić information content (AvgIpc) is 2.43. The number of hydrogen-bond acceptors (Lipinski definition) is 6. The van der Waals surface area contributed by atoms with Crippen molar-refractivity contribution in [2.24, 2.45) is 5.73 Å². The fourth-order valence-corrected chi connectivity index (χ4v) is 1.35. The Morgan fingerprint density at radius 3 is 2.00 bits per heavy atom. The van der Waals surface area contributed by atoms with Crippen molar-refractivity contribution in [2.75, 3.05) is 59.2 Å². The highest BCUT2D eigenvalue weighted by atomic mass is 16.5. The third kappa shape index (κ3) is 15.4. The molecule has 4 N–H and O–H groups in total. The van der Waals surface area contributed by atoms with Crippen LogP contribution in [0.1, 0.15) is 19.8 Å². The SMILES string of the molecule is CCCNCCOCCNCCOCCC(=O)CN. The molecule has 0 aliphatic heterocycles. The minimum absolute atomic E-state index is 0.0399. The van der Waals surface area contributed by atoms with Gasteiger partial charge in [-0.05, 0) is 13.0 Å². The number of ketones is 1. The lowest BCUT2D eigenvalue weighted by molar-refractivity contribution is -0.118. The minimum atomic E-state index is 0.0399. The summed E-state index contributed by atoms with van der Waals surface area (Å²) in [6, 6.07) is 0. The number of carbonyl (C=O) groups is 1. The third-order valence-electron chi connectivity index (χ3n) is 2.45. The highest BCUT2D eigenvalue weighted by Crippen LogP contribution is 1.83. The molecule has 0 amide bonds. The smallest absolute Gasteiger partial charge is 0.148 e. The molecule has 0 aliphatic rings. The van der Waals surface area contributed by atoms with E-state index in [0.717, 1.165) is 39.2 Å². The maximum absolute atomic E-state index is 10.9. The number of nitrogens with one attached hydrogen (secondary N) is 2. The summed E-state index contributed by atoms with van der Waals surface area (Å²) in [5.41, 5.74) is 5.18. The number of nitrogens with two attached hydrogens (primary N) is 1. The summed E-state index contributed by atoms with van der Waals surface area (Å²) in [4.78, 5) is 10.9. The van der Waals surface area contributed by atoms with Crippen molar-refractivity contribution in [1.29, 1.82) is 0 Å². The lowest BCUT2D eigenvalue weighted by atomic mass is 10.3. The van der Waals surface area contributed by atoms with Crippen molar-refractivity contribution in [3.63, 3.8) is 0 Å². The van der Waals surface area contributed by atoms with Crippen molar-refractivity contribution >= 4 is 5.78 Å². The molecule has 114 valence electrons. The molecule has 0 aliphatic carbocycles. The topological polar surface area (TPSA) is 85.6 Å². The molecule has 0 bridgehead atoms. The van der Waals surface area contributed by atoms with Gasteiger partial charge in [-0.25, -0.2) is 0 Å². The number of rotatable bonds is 15. The van der Waals surface area contributed by atoms with Gasteiger partial charge in [-0.2, -0.15) is 0 Å². The molecule has 19 heavy (non-hydrogen) atoms. The van der Waals surface area contributed by atoms with Crippen LogP contribution in [0.3, 0.4) is 0 Å². The molecule has 0 unspecified atom stereocenters. The van der Waals surface area contributed by atoms with Gasteiger partial charge in [0.25, 0.3) is 0 Å². The second-order valence-electron chi connectivity index (χ2n) is 4.22. The van der Waals surface area contributed by atoms with Crippen molar-refractivity contribution in [1.82, 2.24) is 10.6 Å². The highest BCUT2D eigenvalue weighted by Gasteiger charge is 1.97. The Morgan fingerprint density at radius 1 is 0.947 bits per heavy atom. The number of hydrogen-bond donors (Lipinski definition) is 3. The van der Waals surface area contributed by atoms with Crippen LogP contribution in [0, 0.1) is 0 Å². The van der Waals surface area contributed by atoms with Crippen LogP contribution in [-0.4, -0.2) is 64.9 Å². The first kappa shape index (κ1) is 18.5. The Hall–Kier alpha value is -0.530. The molecule has 0 aromatic carbocycles. The predicted octanol–water partition coefficient (Wildman–Crippen LogP) is -0.473. The van der Waals surface area contributed by atoms with Crippen molar-refractivity contribution in [2.45, 2.75) is 19.8 Å². The number of ether oxygens (including phenoxy) is 2. The summed E-state index contributed by atoms with van der Waals surface area (Å²) in [6.45, 7) is 8.31. The molecular formula is C13H29N3O3. The lowest BCUT2D eigenvalue weighted by Crippen LogP contribution is -2.26. The van der Waals surface area contributed by atoms with Crippen LogP contribution in [0.4, 0.5) is 0 Å². The zero-order valence-electron chi connectivity index (χ0n) is 12.1. The third-order valence-corrected chi connectivity index (χ3v) is 2.45. The Bertz CT molecular complexity index is 204. The van der Waals surface area contributed by atoms with Gasteiger partial charge < -0.3 is 25.8 Å². The first-order chi connectivity index (χ1) is 9.31. The first-order valence-corrected chi connectivity index (χ1v) is 7.10. The summed E-state index contributed by atoms with van der Waals surface area (Å²) >= 11 is 0. The molecule has 0 aromatic rings. The van der Waals surface area contributed by atoms with Crippen LogP contribution in [0.15, 0.2) is 0 Å². The van der Waals surface area contributed by atoms with E-state index in [4.69, 9.17) is 15.2 Å². The molecule has 0 rings (SSSR count). The Balaban J connectivity index is 2.97. The van der Waals surface area contributed by atoms with Gasteiger partial charge in [-0.3, -0.25) is 4.79 Å². The normalized spacial score (nSPS) is 10.8. The predicted molar refractivity (Wildman–Crippen MR) is 76.3 cm³/mol. The maximum atomic E-state index is 10.9. The van der Waals surface area contributed by atoms with Gasteiger partial charge in [0.1, 0.15) is 5.78 Å². The molecule has 0 heterocycles. The molecule has 0 fully saturated rings. The Labute approximate surface area is 116 Å². The molecule has 0 aromatic heterocycles. The standard InChI is InChI=1S/C13H29N3O3/c1-2-4-15-5-10-19-11-7-16-6-9-18-8-3-13(17)12-14/h15-16H,2-12,14H2,1H3. The zero-order chi connectivity index (χ0) is 14.2. The van der Waals surface area contributed by atoms with E-state index < -0.39 is 0 Å². The quantitative estimate of drug-likeness (QED) is 0.350. The minimum Gasteiger partial charge on any atom is -0.380 e. The van der Waals surface area contributed by atoms with Crippen LogP contribution in [0.25, 0.3) is 0 Å². The van der Waals surface area contributed by atoms with E-state index in [1.54, 1.807) is 0 Å². The molecule has 6 nitrogen and oxygen atoms in total. The second kappa shape index (κ2) is 15.5. The van der Waals surface area contributed by atoms with E-state index in [9.17, 15) is 4.79 Å². The van der Waals surface area contributed by atoms with E-state index in [1.165, 1.54) is 0 Å². The van der Waals surface area contributed by atoms with Crippen LogP contribution in [0.2, 0.25) is 0 Å².